The third kappa shape index (κ3) is 8.07. The lowest BCUT2D eigenvalue weighted by atomic mass is 9.94. The number of allylic oxidation sites excluding steroid dienone is 5. The molecule has 1 fully saturated rings. The molecule has 9 nitrogen and oxygen atoms in total. The number of carbonyl (C=O) groups excluding carboxylic acids is 1. The Kier molecular flexibility index (Phi) is 10.5. The first kappa shape index (κ1) is 30.4. The molecule has 3 heterocycles. The highest BCUT2D eigenvalue weighted by Gasteiger charge is 2.15. The van der Waals surface area contributed by atoms with Gasteiger partial charge in [-0.25, -0.2) is 4.98 Å². The van der Waals surface area contributed by atoms with Gasteiger partial charge in [0.05, 0.1) is 33.5 Å². The van der Waals surface area contributed by atoms with Gasteiger partial charge in [-0.05, 0) is 78.8 Å². The number of methoxy groups -OCH3 is 1. The molecule has 0 atom stereocenters. The van der Waals surface area contributed by atoms with Crippen LogP contribution in [-0.4, -0.2) is 73.9 Å². The fraction of sp³-hybridized carbons (Fsp3) is 0.382. The van der Waals surface area contributed by atoms with E-state index in [1.54, 1.807) is 6.20 Å². The van der Waals surface area contributed by atoms with E-state index in [-0.39, 0.29) is 12.5 Å². The predicted octanol–water partition coefficient (Wildman–Crippen LogP) is 5.30. The molecule has 0 radical (unpaired) electrons. The minimum atomic E-state index is -0.298. The second-order valence-corrected chi connectivity index (χ2v) is 10.9. The van der Waals surface area contributed by atoms with Crippen molar-refractivity contribution in [2.24, 2.45) is 0 Å². The van der Waals surface area contributed by atoms with Crippen molar-refractivity contribution in [1.82, 2.24) is 20.2 Å². The molecule has 2 aromatic heterocycles. The number of nitrogens with one attached hydrogen (secondary N) is 2. The fourth-order valence-electron chi connectivity index (χ4n) is 5.40. The molecule has 0 amide bonds. The number of nitrogens with zero attached hydrogens (tertiary/aromatic N) is 3. The largest absolute Gasteiger partial charge is 0.494 e. The van der Waals surface area contributed by atoms with Crippen LogP contribution in [0.5, 0.6) is 0 Å². The Morgan fingerprint density at radius 3 is 2.84 bits per heavy atom. The van der Waals surface area contributed by atoms with Crippen LogP contribution in [0.25, 0.3) is 16.5 Å². The van der Waals surface area contributed by atoms with E-state index in [4.69, 9.17) is 14.5 Å². The summed E-state index contributed by atoms with van der Waals surface area (Å²) >= 11 is 0. The van der Waals surface area contributed by atoms with Crippen molar-refractivity contribution in [2.45, 2.75) is 33.2 Å². The summed E-state index contributed by atoms with van der Waals surface area (Å²) in [6.07, 6.45) is 11.8. The SMILES string of the molecule is COC(=O)CNCc1cnc2c(Nc3cccc(C4=CC=CC(OCCCN5CCOCC5)=C(C)C4)c3C)nccc2c1. The summed E-state index contributed by atoms with van der Waals surface area (Å²) < 4.78 is 16.3. The number of carbonyl (C=O) groups is 1. The Hall–Kier alpha value is -4.05. The van der Waals surface area contributed by atoms with Gasteiger partial charge in [0.1, 0.15) is 11.3 Å². The third-order valence-corrected chi connectivity index (χ3v) is 7.82. The zero-order valence-electron chi connectivity index (χ0n) is 25.3. The molecule has 0 saturated carbocycles. The molecule has 9 heteroatoms. The van der Waals surface area contributed by atoms with Gasteiger partial charge in [-0.1, -0.05) is 24.3 Å². The normalized spacial score (nSPS) is 15.7. The van der Waals surface area contributed by atoms with Crippen molar-refractivity contribution in [3.63, 3.8) is 0 Å². The monoisotopic (exact) mass is 583 g/mol. The Morgan fingerprint density at radius 1 is 1.14 bits per heavy atom. The number of fused-ring (bicyclic) bond motifs is 1. The summed E-state index contributed by atoms with van der Waals surface area (Å²) in [5.74, 6) is 1.36. The standard InChI is InChI=1S/C34H41N5O4/c1-24-19-27(7-4-10-31(24)43-16-6-13-39-14-17-42-18-15-39)29-8-5-9-30(25(29)2)38-34-33-28(11-12-36-34)20-26(22-37-33)21-35-23-32(40)41-3/h4-5,7-12,20,22,35H,6,13-19,21,23H2,1-3H3,(H,36,38). The average Bonchev–Trinajstić information content (AvgIpc) is 3.21. The first-order valence-electron chi connectivity index (χ1n) is 14.9. The second-order valence-electron chi connectivity index (χ2n) is 10.9. The maximum atomic E-state index is 11.4. The van der Waals surface area contributed by atoms with E-state index in [0.29, 0.717) is 19.0 Å². The number of pyridine rings is 2. The van der Waals surface area contributed by atoms with Gasteiger partial charge in [-0.3, -0.25) is 14.7 Å². The van der Waals surface area contributed by atoms with E-state index in [1.165, 1.54) is 23.8 Å². The van der Waals surface area contributed by atoms with Gasteiger partial charge in [0.25, 0.3) is 0 Å². The van der Waals surface area contributed by atoms with Gasteiger partial charge >= 0.3 is 5.97 Å². The summed E-state index contributed by atoms with van der Waals surface area (Å²) in [5.41, 5.74) is 7.55. The van der Waals surface area contributed by atoms with Crippen LogP contribution in [0.15, 0.2) is 72.3 Å². The summed E-state index contributed by atoms with van der Waals surface area (Å²) in [6, 6.07) is 10.3. The van der Waals surface area contributed by atoms with Crippen molar-refractivity contribution in [1.29, 1.82) is 0 Å². The number of aromatic nitrogens is 2. The molecule has 43 heavy (non-hydrogen) atoms. The average molecular weight is 584 g/mol. The summed E-state index contributed by atoms with van der Waals surface area (Å²) in [4.78, 5) is 23.1. The molecule has 2 N–H and O–H groups in total. The minimum absolute atomic E-state index is 0.151. The minimum Gasteiger partial charge on any atom is -0.494 e. The number of hydrogen-bond donors (Lipinski definition) is 2. The highest BCUT2D eigenvalue weighted by Crippen LogP contribution is 2.34. The molecule has 0 bridgehead atoms. The number of rotatable bonds is 12. The predicted molar refractivity (Wildman–Crippen MR) is 170 cm³/mol. The van der Waals surface area contributed by atoms with E-state index in [1.807, 2.05) is 12.3 Å². The summed E-state index contributed by atoms with van der Waals surface area (Å²) in [7, 11) is 1.38. The Bertz CT molecular complexity index is 1520. The molecular weight excluding hydrogens is 542 g/mol. The van der Waals surface area contributed by atoms with Crippen LogP contribution in [0.2, 0.25) is 0 Å². The van der Waals surface area contributed by atoms with Gasteiger partial charge < -0.3 is 24.8 Å². The maximum absolute atomic E-state index is 11.4. The van der Waals surface area contributed by atoms with E-state index in [0.717, 1.165) is 79.2 Å². The van der Waals surface area contributed by atoms with E-state index < -0.39 is 0 Å². The number of benzene rings is 1. The molecule has 1 aliphatic carbocycles. The van der Waals surface area contributed by atoms with Gasteiger partial charge in [0.2, 0.25) is 0 Å². The van der Waals surface area contributed by atoms with Crippen LogP contribution in [0.1, 0.15) is 36.5 Å². The highest BCUT2D eigenvalue weighted by molar-refractivity contribution is 5.90. The van der Waals surface area contributed by atoms with E-state index in [9.17, 15) is 4.79 Å². The number of morpholine rings is 1. The molecule has 1 aromatic carbocycles. The molecule has 1 saturated heterocycles. The Balaban J connectivity index is 1.24. The lowest BCUT2D eigenvalue weighted by molar-refractivity contribution is -0.139. The highest BCUT2D eigenvalue weighted by atomic mass is 16.5. The number of anilines is 2. The third-order valence-electron chi connectivity index (χ3n) is 7.82. The van der Waals surface area contributed by atoms with Crippen LogP contribution < -0.4 is 10.6 Å². The van der Waals surface area contributed by atoms with Crippen molar-refractivity contribution in [3.8, 4) is 0 Å². The molecule has 5 rings (SSSR count). The Labute approximate surface area is 253 Å². The summed E-state index contributed by atoms with van der Waals surface area (Å²) in [6.45, 7) is 10.4. The van der Waals surface area contributed by atoms with Crippen molar-refractivity contribution >= 4 is 34.0 Å². The second kappa shape index (κ2) is 14.9. The number of ether oxygens (including phenoxy) is 3. The quantitative estimate of drug-likeness (QED) is 0.217. The van der Waals surface area contributed by atoms with Gasteiger partial charge in [0.15, 0.2) is 5.82 Å². The summed E-state index contributed by atoms with van der Waals surface area (Å²) in [5, 5.41) is 7.58. The lowest BCUT2D eigenvalue weighted by Crippen LogP contribution is -2.37. The van der Waals surface area contributed by atoms with Gasteiger partial charge in [-0.2, -0.15) is 0 Å². The molecular formula is C34H41N5O4. The molecule has 226 valence electrons. The first-order valence-corrected chi connectivity index (χ1v) is 14.9. The molecule has 1 aliphatic heterocycles. The number of esters is 1. The number of hydrogen-bond acceptors (Lipinski definition) is 9. The van der Waals surface area contributed by atoms with E-state index in [2.05, 4.69) is 81.6 Å². The van der Waals surface area contributed by atoms with Gasteiger partial charge in [0, 0.05) is 49.6 Å². The molecule has 3 aromatic rings. The fourth-order valence-corrected chi connectivity index (χ4v) is 5.40. The molecule has 2 aliphatic rings. The van der Waals surface area contributed by atoms with E-state index >= 15 is 0 Å². The zero-order valence-corrected chi connectivity index (χ0v) is 25.3. The Morgan fingerprint density at radius 2 is 2.00 bits per heavy atom. The smallest absolute Gasteiger partial charge is 0.319 e. The lowest BCUT2D eigenvalue weighted by Gasteiger charge is -2.26. The van der Waals surface area contributed by atoms with Gasteiger partial charge in [-0.15, -0.1) is 0 Å². The van der Waals surface area contributed by atoms with Crippen molar-refractivity contribution in [3.05, 3.63) is 89.0 Å². The van der Waals surface area contributed by atoms with Crippen LogP contribution in [0.4, 0.5) is 11.5 Å². The van der Waals surface area contributed by atoms with Crippen LogP contribution >= 0.6 is 0 Å². The van der Waals surface area contributed by atoms with Crippen molar-refractivity contribution < 1.29 is 19.0 Å². The van der Waals surface area contributed by atoms with Crippen LogP contribution in [-0.2, 0) is 25.5 Å². The topological polar surface area (TPSA) is 97.8 Å². The van der Waals surface area contributed by atoms with Crippen molar-refractivity contribution in [2.75, 3.05) is 58.4 Å². The molecule has 0 unspecified atom stereocenters. The van der Waals surface area contributed by atoms with Crippen LogP contribution in [0.3, 0.4) is 0 Å². The molecule has 0 spiro atoms. The maximum Gasteiger partial charge on any atom is 0.319 e. The zero-order chi connectivity index (χ0) is 30.0. The first-order chi connectivity index (χ1) is 21.0. The van der Waals surface area contributed by atoms with Crippen LogP contribution in [0, 0.1) is 6.92 Å².